The number of hydrogen-bond donors (Lipinski definition) is 2. The van der Waals surface area contributed by atoms with Crippen molar-refractivity contribution >= 4 is 11.7 Å². The zero-order valence-corrected chi connectivity index (χ0v) is 10.8. The van der Waals surface area contributed by atoms with Crippen molar-refractivity contribution in [2.24, 2.45) is 0 Å². The van der Waals surface area contributed by atoms with E-state index in [4.69, 9.17) is 0 Å². The average molecular weight is 259 g/mol. The van der Waals surface area contributed by atoms with Crippen molar-refractivity contribution in [3.05, 3.63) is 42.4 Å². The molecule has 0 spiro atoms. The van der Waals surface area contributed by atoms with E-state index in [2.05, 4.69) is 20.7 Å². The van der Waals surface area contributed by atoms with Gasteiger partial charge in [0.05, 0.1) is 6.54 Å². The molecular formula is C13H17N5O. The molecule has 2 aromatic heterocycles. The predicted molar refractivity (Wildman–Crippen MR) is 72.7 cm³/mol. The van der Waals surface area contributed by atoms with Crippen LogP contribution >= 0.6 is 0 Å². The number of nitrogens with zero attached hydrogens (tertiary/aromatic N) is 3. The first-order valence-corrected chi connectivity index (χ1v) is 6.15. The number of likely N-dealkylation sites (N-methyl/N-ethyl adjacent to an activating group) is 1. The summed E-state index contributed by atoms with van der Waals surface area (Å²) >= 11 is 0. The maximum absolute atomic E-state index is 11.4. The Morgan fingerprint density at radius 2 is 2.11 bits per heavy atom. The second-order valence-electron chi connectivity index (χ2n) is 4.15. The van der Waals surface area contributed by atoms with Crippen LogP contribution in [0.15, 0.2) is 36.8 Å². The standard InChI is InChI=1S/C13H17N5O/c1-14-10-13(19)16-12-5-9-18(17-12)8-4-11-2-6-15-7-3-11/h2-3,5-7,9,14H,4,8,10H2,1H3,(H,16,17,19). The van der Waals surface area contributed by atoms with Gasteiger partial charge in [-0.15, -0.1) is 0 Å². The normalized spacial score (nSPS) is 10.4. The van der Waals surface area contributed by atoms with Crippen molar-refractivity contribution in [2.75, 3.05) is 18.9 Å². The first-order chi connectivity index (χ1) is 9.28. The molecule has 0 fully saturated rings. The monoisotopic (exact) mass is 259 g/mol. The van der Waals surface area contributed by atoms with Gasteiger partial charge in [-0.1, -0.05) is 0 Å². The lowest BCUT2D eigenvalue weighted by Gasteiger charge is -2.02. The molecule has 6 heteroatoms. The van der Waals surface area contributed by atoms with Crippen LogP contribution in [0.1, 0.15) is 5.56 Å². The highest BCUT2D eigenvalue weighted by atomic mass is 16.2. The molecule has 0 saturated heterocycles. The van der Waals surface area contributed by atoms with E-state index in [-0.39, 0.29) is 12.5 Å². The Morgan fingerprint density at radius 1 is 1.32 bits per heavy atom. The summed E-state index contributed by atoms with van der Waals surface area (Å²) in [7, 11) is 1.73. The summed E-state index contributed by atoms with van der Waals surface area (Å²) in [5.41, 5.74) is 1.21. The van der Waals surface area contributed by atoms with Gasteiger partial charge in [0.25, 0.3) is 0 Å². The largest absolute Gasteiger partial charge is 0.311 e. The van der Waals surface area contributed by atoms with Gasteiger partial charge in [0.2, 0.25) is 5.91 Å². The van der Waals surface area contributed by atoms with Crippen molar-refractivity contribution in [3.63, 3.8) is 0 Å². The lowest BCUT2D eigenvalue weighted by Crippen LogP contribution is -2.25. The fraction of sp³-hybridized carbons (Fsp3) is 0.308. The summed E-state index contributed by atoms with van der Waals surface area (Å²) in [4.78, 5) is 15.4. The number of pyridine rings is 1. The van der Waals surface area contributed by atoms with Gasteiger partial charge < -0.3 is 10.6 Å². The minimum atomic E-state index is -0.0955. The van der Waals surface area contributed by atoms with Crippen LogP contribution in [0.25, 0.3) is 0 Å². The summed E-state index contributed by atoms with van der Waals surface area (Å²) in [6, 6.07) is 5.76. The maximum Gasteiger partial charge on any atom is 0.239 e. The van der Waals surface area contributed by atoms with E-state index in [0.717, 1.165) is 13.0 Å². The molecular weight excluding hydrogens is 242 g/mol. The Labute approximate surface area is 111 Å². The van der Waals surface area contributed by atoms with E-state index in [0.29, 0.717) is 5.82 Å². The highest BCUT2D eigenvalue weighted by Crippen LogP contribution is 2.04. The Kier molecular flexibility index (Phi) is 4.63. The van der Waals surface area contributed by atoms with Crippen LogP contribution in [-0.2, 0) is 17.8 Å². The number of nitrogens with one attached hydrogen (secondary N) is 2. The van der Waals surface area contributed by atoms with Gasteiger partial charge in [-0.05, 0) is 31.2 Å². The lowest BCUT2D eigenvalue weighted by atomic mass is 10.2. The molecule has 2 N–H and O–H groups in total. The van der Waals surface area contributed by atoms with E-state index in [9.17, 15) is 4.79 Å². The molecule has 2 aromatic rings. The molecule has 0 aliphatic carbocycles. The summed E-state index contributed by atoms with van der Waals surface area (Å²) in [6.45, 7) is 1.05. The van der Waals surface area contributed by atoms with Crippen molar-refractivity contribution < 1.29 is 4.79 Å². The van der Waals surface area contributed by atoms with Gasteiger partial charge in [-0.2, -0.15) is 5.10 Å². The number of carbonyl (C=O) groups excluding carboxylic acids is 1. The Hall–Kier alpha value is -2.21. The Balaban J connectivity index is 1.85. The van der Waals surface area contributed by atoms with Crippen LogP contribution in [-0.4, -0.2) is 34.3 Å². The first kappa shape index (κ1) is 13.2. The molecule has 0 aliphatic rings. The third-order valence-corrected chi connectivity index (χ3v) is 2.62. The Morgan fingerprint density at radius 3 is 2.84 bits per heavy atom. The highest BCUT2D eigenvalue weighted by Gasteiger charge is 2.03. The number of amides is 1. The lowest BCUT2D eigenvalue weighted by molar-refractivity contribution is -0.115. The molecule has 100 valence electrons. The fourth-order valence-electron chi connectivity index (χ4n) is 1.69. The molecule has 2 rings (SSSR count). The van der Waals surface area contributed by atoms with E-state index in [1.165, 1.54) is 5.56 Å². The summed E-state index contributed by atoms with van der Waals surface area (Å²) in [6.07, 6.45) is 6.30. The van der Waals surface area contributed by atoms with Crippen LogP contribution in [0.3, 0.4) is 0 Å². The first-order valence-electron chi connectivity index (χ1n) is 6.15. The van der Waals surface area contributed by atoms with Crippen molar-refractivity contribution in [1.29, 1.82) is 0 Å². The number of carbonyl (C=O) groups is 1. The smallest absolute Gasteiger partial charge is 0.239 e. The summed E-state index contributed by atoms with van der Waals surface area (Å²) in [5, 5.41) is 9.80. The highest BCUT2D eigenvalue weighted by molar-refractivity contribution is 5.91. The van der Waals surface area contributed by atoms with Gasteiger partial charge in [0, 0.05) is 31.2 Å². The van der Waals surface area contributed by atoms with Gasteiger partial charge in [0.1, 0.15) is 0 Å². The quantitative estimate of drug-likeness (QED) is 0.800. The van der Waals surface area contributed by atoms with Gasteiger partial charge >= 0.3 is 0 Å². The number of hydrogen-bond acceptors (Lipinski definition) is 4. The molecule has 0 saturated carbocycles. The van der Waals surface area contributed by atoms with Crippen molar-refractivity contribution in [3.8, 4) is 0 Å². The van der Waals surface area contributed by atoms with Crippen LogP contribution < -0.4 is 10.6 Å². The number of rotatable bonds is 6. The topological polar surface area (TPSA) is 71.8 Å². The van der Waals surface area contributed by atoms with Crippen molar-refractivity contribution in [1.82, 2.24) is 20.1 Å². The molecule has 19 heavy (non-hydrogen) atoms. The number of aromatic nitrogens is 3. The summed E-state index contributed by atoms with van der Waals surface area (Å²) < 4.78 is 1.81. The predicted octanol–water partition coefficient (Wildman–Crippen LogP) is 0.679. The zero-order chi connectivity index (χ0) is 13.5. The molecule has 0 radical (unpaired) electrons. The average Bonchev–Trinajstić information content (AvgIpc) is 2.85. The van der Waals surface area contributed by atoms with Gasteiger partial charge in [0.15, 0.2) is 5.82 Å². The minimum absolute atomic E-state index is 0.0955. The van der Waals surface area contributed by atoms with Crippen molar-refractivity contribution in [2.45, 2.75) is 13.0 Å². The molecule has 0 unspecified atom stereocenters. The summed E-state index contributed by atoms with van der Waals surface area (Å²) in [5.74, 6) is 0.483. The third-order valence-electron chi connectivity index (χ3n) is 2.62. The molecule has 0 aliphatic heterocycles. The number of anilines is 1. The van der Waals surface area contributed by atoms with Gasteiger partial charge in [-0.3, -0.25) is 14.5 Å². The van der Waals surface area contributed by atoms with Crippen LogP contribution in [0.5, 0.6) is 0 Å². The van der Waals surface area contributed by atoms with E-state index in [1.54, 1.807) is 25.5 Å². The minimum Gasteiger partial charge on any atom is -0.311 e. The van der Waals surface area contributed by atoms with Gasteiger partial charge in [-0.25, -0.2) is 0 Å². The molecule has 6 nitrogen and oxygen atoms in total. The van der Waals surface area contributed by atoms with Crippen LogP contribution in [0, 0.1) is 0 Å². The van der Waals surface area contributed by atoms with E-state index < -0.39 is 0 Å². The van der Waals surface area contributed by atoms with Crippen LogP contribution in [0.2, 0.25) is 0 Å². The molecule has 1 amide bonds. The second kappa shape index (κ2) is 6.65. The third kappa shape index (κ3) is 4.18. The van der Waals surface area contributed by atoms with Crippen LogP contribution in [0.4, 0.5) is 5.82 Å². The van der Waals surface area contributed by atoms with E-state index >= 15 is 0 Å². The second-order valence-corrected chi connectivity index (χ2v) is 4.15. The number of aryl methyl sites for hydroxylation is 2. The Bertz CT molecular complexity index is 523. The maximum atomic E-state index is 11.4. The fourth-order valence-corrected chi connectivity index (χ4v) is 1.69. The molecule has 0 atom stereocenters. The SMILES string of the molecule is CNCC(=O)Nc1ccn(CCc2ccncc2)n1. The van der Waals surface area contributed by atoms with E-state index in [1.807, 2.05) is 23.0 Å². The molecule has 0 aromatic carbocycles. The molecule has 2 heterocycles. The zero-order valence-electron chi connectivity index (χ0n) is 10.8. The molecule has 0 bridgehead atoms.